The van der Waals surface area contributed by atoms with E-state index in [-0.39, 0.29) is 11.5 Å². The SMILES string of the molecule is NC1(C(=O)N2CCCc3cc(C(=O)O)ccc32)CCC1. The summed E-state index contributed by atoms with van der Waals surface area (Å²) >= 11 is 0. The van der Waals surface area contributed by atoms with E-state index in [1.165, 1.54) is 0 Å². The van der Waals surface area contributed by atoms with Crippen molar-refractivity contribution in [3.63, 3.8) is 0 Å². The third-order valence-corrected chi connectivity index (χ3v) is 4.36. The first-order chi connectivity index (χ1) is 9.51. The molecule has 1 fully saturated rings. The van der Waals surface area contributed by atoms with Gasteiger partial charge in [-0.1, -0.05) is 0 Å². The molecule has 2 aliphatic rings. The van der Waals surface area contributed by atoms with E-state index in [9.17, 15) is 9.59 Å². The number of benzene rings is 1. The van der Waals surface area contributed by atoms with E-state index in [2.05, 4.69) is 0 Å². The second-order valence-electron chi connectivity index (χ2n) is 5.72. The molecule has 3 rings (SSSR count). The molecule has 1 amide bonds. The molecule has 1 aliphatic heterocycles. The summed E-state index contributed by atoms with van der Waals surface area (Å²) in [6, 6.07) is 4.95. The molecule has 1 aliphatic carbocycles. The summed E-state index contributed by atoms with van der Waals surface area (Å²) in [7, 11) is 0. The molecule has 1 aromatic rings. The third-order valence-electron chi connectivity index (χ3n) is 4.36. The molecular weight excluding hydrogens is 256 g/mol. The zero-order valence-electron chi connectivity index (χ0n) is 11.3. The maximum atomic E-state index is 12.6. The Morgan fingerprint density at radius 3 is 2.60 bits per heavy atom. The molecule has 0 unspecified atom stereocenters. The number of carbonyl (C=O) groups excluding carboxylic acids is 1. The van der Waals surface area contributed by atoms with Crippen molar-refractivity contribution in [3.05, 3.63) is 29.3 Å². The Labute approximate surface area is 117 Å². The fraction of sp³-hybridized carbons (Fsp3) is 0.467. The van der Waals surface area contributed by atoms with Crippen molar-refractivity contribution in [2.45, 2.75) is 37.6 Å². The number of aromatic carboxylic acids is 1. The smallest absolute Gasteiger partial charge is 0.335 e. The number of aryl methyl sites for hydroxylation is 1. The molecule has 0 aromatic heterocycles. The van der Waals surface area contributed by atoms with Crippen LogP contribution in [0, 0.1) is 0 Å². The summed E-state index contributed by atoms with van der Waals surface area (Å²) in [4.78, 5) is 25.3. The number of nitrogens with zero attached hydrogens (tertiary/aromatic N) is 1. The largest absolute Gasteiger partial charge is 0.478 e. The average molecular weight is 274 g/mol. The highest BCUT2D eigenvalue weighted by Gasteiger charge is 2.43. The summed E-state index contributed by atoms with van der Waals surface area (Å²) in [6.07, 6.45) is 4.13. The zero-order valence-corrected chi connectivity index (χ0v) is 11.3. The van der Waals surface area contributed by atoms with Crippen molar-refractivity contribution >= 4 is 17.6 Å². The van der Waals surface area contributed by atoms with Gasteiger partial charge < -0.3 is 15.7 Å². The molecule has 3 N–H and O–H groups in total. The lowest BCUT2D eigenvalue weighted by Gasteiger charge is -2.42. The molecule has 1 heterocycles. The van der Waals surface area contributed by atoms with Crippen LogP contribution < -0.4 is 10.6 Å². The summed E-state index contributed by atoms with van der Waals surface area (Å²) in [6.45, 7) is 0.664. The first-order valence-corrected chi connectivity index (χ1v) is 6.98. The lowest BCUT2D eigenvalue weighted by Crippen LogP contribution is -2.60. The van der Waals surface area contributed by atoms with Crippen LogP contribution in [0.5, 0.6) is 0 Å². The van der Waals surface area contributed by atoms with E-state index in [0.717, 1.165) is 43.4 Å². The van der Waals surface area contributed by atoms with Gasteiger partial charge in [-0.25, -0.2) is 4.79 Å². The van der Waals surface area contributed by atoms with Crippen molar-refractivity contribution < 1.29 is 14.7 Å². The number of carbonyl (C=O) groups is 2. The molecular formula is C15H18N2O3. The van der Waals surface area contributed by atoms with Gasteiger partial charge in [-0.15, -0.1) is 0 Å². The molecule has 5 nitrogen and oxygen atoms in total. The number of fused-ring (bicyclic) bond motifs is 1. The second kappa shape index (κ2) is 4.59. The van der Waals surface area contributed by atoms with E-state index in [4.69, 9.17) is 10.8 Å². The van der Waals surface area contributed by atoms with Crippen LogP contribution in [0.4, 0.5) is 5.69 Å². The van der Waals surface area contributed by atoms with Gasteiger partial charge in [0.15, 0.2) is 0 Å². The third kappa shape index (κ3) is 1.98. The van der Waals surface area contributed by atoms with Gasteiger partial charge in [0.2, 0.25) is 5.91 Å². The lowest BCUT2D eigenvalue weighted by atomic mass is 9.76. The molecule has 106 valence electrons. The summed E-state index contributed by atoms with van der Waals surface area (Å²) in [5.74, 6) is -0.960. The Balaban J connectivity index is 1.94. The van der Waals surface area contributed by atoms with Crippen molar-refractivity contribution in [1.82, 2.24) is 0 Å². The van der Waals surface area contributed by atoms with E-state index in [1.54, 1.807) is 23.1 Å². The van der Waals surface area contributed by atoms with Crippen molar-refractivity contribution in [1.29, 1.82) is 0 Å². The quantitative estimate of drug-likeness (QED) is 0.857. The average Bonchev–Trinajstić information content (AvgIpc) is 2.42. The number of hydrogen-bond donors (Lipinski definition) is 2. The molecule has 5 heteroatoms. The van der Waals surface area contributed by atoms with Gasteiger partial charge >= 0.3 is 5.97 Å². The Morgan fingerprint density at radius 2 is 2.00 bits per heavy atom. The van der Waals surface area contributed by atoms with Gasteiger partial charge in [0, 0.05) is 12.2 Å². The summed E-state index contributed by atoms with van der Waals surface area (Å²) in [5.41, 5.74) is 7.43. The molecule has 1 aromatic carbocycles. The Kier molecular flexibility index (Phi) is 3.01. The molecule has 0 saturated heterocycles. The van der Waals surface area contributed by atoms with Gasteiger partial charge in [-0.2, -0.15) is 0 Å². The number of carboxylic acids is 1. The van der Waals surface area contributed by atoms with Gasteiger partial charge in [0.1, 0.15) is 0 Å². The van der Waals surface area contributed by atoms with E-state index in [1.807, 2.05) is 0 Å². The molecule has 20 heavy (non-hydrogen) atoms. The van der Waals surface area contributed by atoms with Crippen LogP contribution in [0.1, 0.15) is 41.6 Å². The normalized spacial score (nSPS) is 19.9. The monoisotopic (exact) mass is 274 g/mol. The number of carboxylic acid groups (broad SMARTS) is 1. The minimum atomic E-state index is -0.939. The minimum absolute atomic E-state index is 0.0206. The lowest BCUT2D eigenvalue weighted by molar-refractivity contribution is -0.126. The number of nitrogens with two attached hydrogens (primary N) is 1. The number of rotatable bonds is 2. The molecule has 0 spiro atoms. The highest BCUT2D eigenvalue weighted by atomic mass is 16.4. The predicted molar refractivity (Wildman–Crippen MR) is 74.8 cm³/mol. The topological polar surface area (TPSA) is 83.6 Å². The fourth-order valence-corrected chi connectivity index (χ4v) is 2.98. The standard InChI is InChI=1S/C15H18N2O3/c16-15(6-2-7-15)14(20)17-8-1-3-10-9-11(13(18)19)4-5-12(10)17/h4-5,9H,1-3,6-8,16H2,(H,18,19). The van der Waals surface area contributed by atoms with E-state index >= 15 is 0 Å². The van der Waals surface area contributed by atoms with Gasteiger partial charge in [-0.3, -0.25) is 4.79 Å². The Morgan fingerprint density at radius 1 is 1.25 bits per heavy atom. The zero-order chi connectivity index (χ0) is 14.3. The number of amides is 1. The van der Waals surface area contributed by atoms with Crippen LogP contribution in [0.25, 0.3) is 0 Å². The van der Waals surface area contributed by atoms with Crippen molar-refractivity contribution in [2.24, 2.45) is 5.73 Å². The van der Waals surface area contributed by atoms with Gasteiger partial charge in [0.25, 0.3) is 0 Å². The minimum Gasteiger partial charge on any atom is -0.478 e. The van der Waals surface area contributed by atoms with Crippen LogP contribution in [0.3, 0.4) is 0 Å². The number of hydrogen-bond acceptors (Lipinski definition) is 3. The van der Waals surface area contributed by atoms with Crippen LogP contribution in [0.15, 0.2) is 18.2 Å². The second-order valence-corrected chi connectivity index (χ2v) is 5.72. The van der Waals surface area contributed by atoms with Crippen molar-refractivity contribution in [2.75, 3.05) is 11.4 Å². The maximum Gasteiger partial charge on any atom is 0.335 e. The first-order valence-electron chi connectivity index (χ1n) is 6.98. The highest BCUT2D eigenvalue weighted by molar-refractivity contribution is 6.02. The van der Waals surface area contributed by atoms with Crippen molar-refractivity contribution in [3.8, 4) is 0 Å². The molecule has 0 bridgehead atoms. The molecule has 0 atom stereocenters. The Bertz CT molecular complexity index is 578. The first kappa shape index (κ1) is 13.1. The van der Waals surface area contributed by atoms with Gasteiger partial charge in [-0.05, 0) is 55.9 Å². The van der Waals surface area contributed by atoms with E-state index < -0.39 is 11.5 Å². The molecule has 1 saturated carbocycles. The van der Waals surface area contributed by atoms with Crippen LogP contribution in [-0.2, 0) is 11.2 Å². The number of anilines is 1. The summed E-state index contributed by atoms with van der Waals surface area (Å²) < 4.78 is 0. The molecule has 0 radical (unpaired) electrons. The van der Waals surface area contributed by atoms with Crippen LogP contribution >= 0.6 is 0 Å². The fourth-order valence-electron chi connectivity index (χ4n) is 2.98. The maximum absolute atomic E-state index is 12.6. The predicted octanol–water partition coefficient (Wildman–Crippen LogP) is 1.55. The summed E-state index contributed by atoms with van der Waals surface area (Å²) in [5, 5.41) is 9.04. The highest BCUT2D eigenvalue weighted by Crippen LogP contribution is 2.35. The Hall–Kier alpha value is -1.88. The van der Waals surface area contributed by atoms with Gasteiger partial charge in [0.05, 0.1) is 11.1 Å². The van der Waals surface area contributed by atoms with Crippen LogP contribution in [-0.4, -0.2) is 29.1 Å². The van der Waals surface area contributed by atoms with Crippen LogP contribution in [0.2, 0.25) is 0 Å². The van der Waals surface area contributed by atoms with E-state index in [0.29, 0.717) is 6.54 Å².